The lowest BCUT2D eigenvalue weighted by Crippen LogP contribution is -2.44. The van der Waals surface area contributed by atoms with E-state index < -0.39 is 42.1 Å². The van der Waals surface area contributed by atoms with Crippen LogP contribution in [0.25, 0.3) is 10.9 Å². The van der Waals surface area contributed by atoms with Crippen molar-refractivity contribution >= 4 is 51.8 Å². The van der Waals surface area contributed by atoms with E-state index in [1.165, 1.54) is 29.2 Å². The Morgan fingerprint density at radius 2 is 1.88 bits per heavy atom. The van der Waals surface area contributed by atoms with E-state index in [0.29, 0.717) is 33.6 Å². The highest BCUT2D eigenvalue weighted by molar-refractivity contribution is 7.09. The summed E-state index contributed by atoms with van der Waals surface area (Å²) in [6.07, 6.45) is 1.62. The van der Waals surface area contributed by atoms with E-state index in [2.05, 4.69) is 14.7 Å². The van der Waals surface area contributed by atoms with Gasteiger partial charge in [-0.3, -0.25) is 24.2 Å². The summed E-state index contributed by atoms with van der Waals surface area (Å²) < 4.78 is 22.5. The van der Waals surface area contributed by atoms with Crippen molar-refractivity contribution in [3.05, 3.63) is 88.3 Å². The van der Waals surface area contributed by atoms with Gasteiger partial charge in [-0.2, -0.15) is 4.37 Å². The molecule has 0 aliphatic rings. The molecule has 11 nitrogen and oxygen atoms in total. The first-order chi connectivity index (χ1) is 19.2. The summed E-state index contributed by atoms with van der Waals surface area (Å²) in [7, 11) is 0. The van der Waals surface area contributed by atoms with Crippen LogP contribution in [-0.2, 0) is 20.9 Å². The minimum atomic E-state index is -1.30. The Labute approximate surface area is 232 Å². The number of nitrogens with two attached hydrogens (primary N) is 2. The molecule has 0 saturated carbocycles. The number of carbonyl (C=O) groups is 4. The number of nitrogens with one attached hydrogen (secondary N) is 1. The molecule has 4 aromatic rings. The van der Waals surface area contributed by atoms with Crippen molar-refractivity contribution in [3.8, 4) is 0 Å². The van der Waals surface area contributed by atoms with Crippen molar-refractivity contribution in [2.24, 2.45) is 5.73 Å². The number of benzene rings is 2. The second-order valence-corrected chi connectivity index (χ2v) is 9.35. The highest BCUT2D eigenvalue weighted by atomic mass is 32.1. The van der Waals surface area contributed by atoms with Gasteiger partial charge in [0.15, 0.2) is 5.69 Å². The number of aromatic nitrogens is 2. The number of ether oxygens (including phenoxy) is 1. The number of fused-ring (bicyclic) bond motifs is 1. The van der Waals surface area contributed by atoms with Crippen molar-refractivity contribution < 1.29 is 28.3 Å². The molecule has 40 heavy (non-hydrogen) atoms. The lowest BCUT2D eigenvalue weighted by atomic mass is 10.00. The fraction of sp³-hybridized carbons (Fsp3) is 0.185. The molecule has 2 aromatic carbocycles. The number of hydrogen-bond acceptors (Lipinski definition) is 9. The molecule has 0 saturated heterocycles. The Morgan fingerprint density at radius 1 is 1.12 bits per heavy atom. The summed E-state index contributed by atoms with van der Waals surface area (Å²) >= 11 is 0.663. The SMILES string of the molecule is CCOC(=O)CNC(=O)[C@H](c1ccc2ncccc2c1)N(Cc1ccc(F)cc1)C(=O)c1snc(C(N)=O)c1N. The maximum Gasteiger partial charge on any atom is 0.325 e. The molecule has 0 radical (unpaired) electrons. The molecule has 0 fully saturated rings. The van der Waals surface area contributed by atoms with Gasteiger partial charge in [-0.1, -0.05) is 24.3 Å². The van der Waals surface area contributed by atoms with Gasteiger partial charge in [0.1, 0.15) is 23.3 Å². The Morgan fingerprint density at radius 3 is 2.55 bits per heavy atom. The Kier molecular flexibility index (Phi) is 8.64. The van der Waals surface area contributed by atoms with Crippen LogP contribution in [0.4, 0.5) is 10.1 Å². The van der Waals surface area contributed by atoms with E-state index in [1.54, 1.807) is 43.5 Å². The summed E-state index contributed by atoms with van der Waals surface area (Å²) in [6.45, 7) is 1.16. The first-order valence-corrected chi connectivity index (χ1v) is 12.8. The zero-order valence-electron chi connectivity index (χ0n) is 21.3. The van der Waals surface area contributed by atoms with Crippen LogP contribution in [0.3, 0.4) is 0 Å². The molecular weight excluding hydrogens is 539 g/mol. The van der Waals surface area contributed by atoms with Crippen molar-refractivity contribution in [2.45, 2.75) is 19.5 Å². The second kappa shape index (κ2) is 12.3. The molecule has 13 heteroatoms. The molecule has 0 spiro atoms. The minimum Gasteiger partial charge on any atom is -0.465 e. The van der Waals surface area contributed by atoms with Crippen LogP contribution in [0.5, 0.6) is 0 Å². The van der Waals surface area contributed by atoms with Crippen molar-refractivity contribution in [1.82, 2.24) is 19.6 Å². The fourth-order valence-corrected chi connectivity index (χ4v) is 4.79. The normalized spacial score (nSPS) is 11.6. The third-order valence-electron chi connectivity index (χ3n) is 5.90. The topological polar surface area (TPSA) is 171 Å². The predicted octanol–water partition coefficient (Wildman–Crippen LogP) is 2.57. The quantitative estimate of drug-likeness (QED) is 0.247. The van der Waals surface area contributed by atoms with Gasteiger partial charge in [0.2, 0.25) is 5.91 Å². The number of hydrogen-bond donors (Lipinski definition) is 3. The zero-order chi connectivity index (χ0) is 28.8. The molecular formula is C27H25FN6O5S. The maximum atomic E-state index is 14.0. The van der Waals surface area contributed by atoms with Gasteiger partial charge in [0.05, 0.1) is 17.8 Å². The molecule has 0 aliphatic carbocycles. The van der Waals surface area contributed by atoms with Gasteiger partial charge < -0.3 is 26.4 Å². The molecule has 3 amide bonds. The van der Waals surface area contributed by atoms with Crippen molar-refractivity contribution in [2.75, 3.05) is 18.9 Å². The predicted molar refractivity (Wildman–Crippen MR) is 145 cm³/mol. The van der Waals surface area contributed by atoms with Gasteiger partial charge in [0, 0.05) is 18.1 Å². The van der Waals surface area contributed by atoms with Crippen LogP contribution < -0.4 is 16.8 Å². The van der Waals surface area contributed by atoms with Crippen LogP contribution in [0.15, 0.2) is 60.8 Å². The highest BCUT2D eigenvalue weighted by Gasteiger charge is 2.35. The Bertz CT molecular complexity index is 1580. The maximum absolute atomic E-state index is 14.0. The zero-order valence-corrected chi connectivity index (χ0v) is 22.1. The first-order valence-electron chi connectivity index (χ1n) is 12.1. The average Bonchev–Trinajstić information content (AvgIpc) is 3.33. The number of rotatable bonds is 10. The molecule has 0 aliphatic heterocycles. The Hall–Kier alpha value is -4.91. The molecule has 0 bridgehead atoms. The third-order valence-corrected chi connectivity index (χ3v) is 6.75. The smallest absolute Gasteiger partial charge is 0.325 e. The molecule has 4 rings (SSSR count). The van der Waals surface area contributed by atoms with Gasteiger partial charge in [-0.15, -0.1) is 0 Å². The molecule has 1 atom stereocenters. The van der Waals surface area contributed by atoms with E-state index in [4.69, 9.17) is 16.2 Å². The van der Waals surface area contributed by atoms with Crippen LogP contribution in [0.2, 0.25) is 0 Å². The molecule has 206 valence electrons. The summed E-state index contributed by atoms with van der Waals surface area (Å²) in [5, 5.41) is 3.23. The molecule has 5 N–H and O–H groups in total. The first kappa shape index (κ1) is 28.1. The van der Waals surface area contributed by atoms with Crippen molar-refractivity contribution in [1.29, 1.82) is 0 Å². The second-order valence-electron chi connectivity index (χ2n) is 8.58. The summed E-state index contributed by atoms with van der Waals surface area (Å²) in [6, 6.07) is 12.7. The number of carbonyl (C=O) groups excluding carboxylic acids is 4. The largest absolute Gasteiger partial charge is 0.465 e. The van der Waals surface area contributed by atoms with Crippen LogP contribution in [0, 0.1) is 5.82 Å². The van der Waals surface area contributed by atoms with Crippen LogP contribution in [0.1, 0.15) is 44.3 Å². The van der Waals surface area contributed by atoms with Crippen LogP contribution in [-0.4, -0.2) is 51.1 Å². The van der Waals surface area contributed by atoms with Crippen molar-refractivity contribution in [3.63, 3.8) is 0 Å². The number of anilines is 1. The summed E-state index contributed by atoms with van der Waals surface area (Å²) in [4.78, 5) is 56.9. The summed E-state index contributed by atoms with van der Waals surface area (Å²) in [5.41, 5.74) is 12.5. The number of nitrogen functional groups attached to an aromatic ring is 1. The van der Waals surface area contributed by atoms with Crippen LogP contribution >= 0.6 is 11.5 Å². The summed E-state index contributed by atoms with van der Waals surface area (Å²) in [5.74, 6) is -3.47. The van der Waals surface area contributed by atoms with E-state index >= 15 is 0 Å². The van der Waals surface area contributed by atoms with Gasteiger partial charge in [0.25, 0.3) is 11.8 Å². The highest BCUT2D eigenvalue weighted by Crippen LogP contribution is 2.31. The number of pyridine rings is 1. The molecule has 2 heterocycles. The van der Waals surface area contributed by atoms with Gasteiger partial charge >= 0.3 is 5.97 Å². The fourth-order valence-electron chi connectivity index (χ4n) is 4.03. The minimum absolute atomic E-state index is 0.110. The number of nitrogens with zero attached hydrogens (tertiary/aromatic N) is 3. The number of halogens is 1. The van der Waals surface area contributed by atoms with E-state index in [1.807, 2.05) is 0 Å². The van der Waals surface area contributed by atoms with E-state index in [-0.39, 0.29) is 29.4 Å². The lowest BCUT2D eigenvalue weighted by molar-refractivity contribution is -0.143. The number of amides is 3. The van der Waals surface area contributed by atoms with E-state index in [0.717, 1.165) is 0 Å². The monoisotopic (exact) mass is 564 g/mol. The Balaban J connectivity index is 1.83. The number of primary amides is 1. The average molecular weight is 565 g/mol. The van der Waals surface area contributed by atoms with Gasteiger partial charge in [-0.05, 0) is 59.9 Å². The van der Waals surface area contributed by atoms with E-state index in [9.17, 15) is 23.6 Å². The van der Waals surface area contributed by atoms with Gasteiger partial charge in [-0.25, -0.2) is 4.39 Å². The lowest BCUT2D eigenvalue weighted by Gasteiger charge is -2.31. The standard InChI is InChI=1S/C27H25FN6O5S/c1-2-39-20(35)13-32-26(37)23(17-7-10-19-16(12-17)4-3-11-31-19)34(14-15-5-8-18(28)9-6-15)27(38)24-21(29)22(25(30)36)33-40-24/h3-12,23H,2,13-14,29H2,1H3,(H2,30,36)(H,32,37)/t23-/m0/s1. The number of esters is 1. The molecule has 0 unspecified atom stereocenters. The molecule has 2 aromatic heterocycles. The third kappa shape index (κ3) is 6.21.